The number of carbonyl (C=O) groups is 1. The smallest absolute Gasteiger partial charge is 0.362 e. The SMILES string of the molecule is Cc1cc(C(=O)Nc2cccc([C@H](C)Nc3cnc4[nH]cc(-c5cnn(C)c5)c4n3)c2)cnc1C(F)(F)F. The van der Waals surface area contributed by atoms with Crippen LogP contribution in [0.5, 0.6) is 0 Å². The summed E-state index contributed by atoms with van der Waals surface area (Å²) in [5.41, 5.74) is 3.41. The van der Waals surface area contributed by atoms with E-state index in [1.807, 2.05) is 32.4 Å². The van der Waals surface area contributed by atoms with Gasteiger partial charge in [-0.15, -0.1) is 0 Å². The molecule has 0 aliphatic rings. The van der Waals surface area contributed by atoms with E-state index in [1.54, 1.807) is 35.3 Å². The molecule has 0 bridgehead atoms. The van der Waals surface area contributed by atoms with Crippen LogP contribution >= 0.6 is 0 Å². The molecule has 5 rings (SSSR count). The highest BCUT2D eigenvalue weighted by Gasteiger charge is 2.34. The van der Waals surface area contributed by atoms with Gasteiger partial charge in [0.1, 0.15) is 17.0 Å². The number of benzene rings is 1. The molecule has 1 aromatic carbocycles. The molecule has 1 atom stereocenters. The van der Waals surface area contributed by atoms with Gasteiger partial charge in [-0.05, 0) is 43.2 Å². The van der Waals surface area contributed by atoms with Crippen LogP contribution < -0.4 is 10.6 Å². The third-order valence-corrected chi connectivity index (χ3v) is 6.01. The Bertz CT molecular complexity index is 1640. The summed E-state index contributed by atoms with van der Waals surface area (Å²) < 4.78 is 40.7. The van der Waals surface area contributed by atoms with Crippen LogP contribution in [0.15, 0.2) is 61.3 Å². The summed E-state index contributed by atoms with van der Waals surface area (Å²) in [6.07, 6.45) is 3.48. The molecular formula is C26H23F3N8O. The molecule has 3 N–H and O–H groups in total. The maximum absolute atomic E-state index is 13.0. The van der Waals surface area contributed by atoms with Gasteiger partial charge in [0.05, 0.1) is 24.0 Å². The van der Waals surface area contributed by atoms with Crippen LogP contribution in [0.4, 0.5) is 24.7 Å². The average molecular weight is 521 g/mol. The number of rotatable bonds is 6. The standard InChI is InChI=1S/C26H23F3N8O/c1-14-7-17(9-30-23(14)26(27,28)29)25(38)35-19-6-4-5-16(8-19)15(2)34-21-12-32-24-22(36-21)20(11-31-24)18-10-33-37(3)13-18/h4-13,15H,1-3H3,(H,31,32)(H,34,36)(H,35,38)/t15-/m0/s1. The van der Waals surface area contributed by atoms with Crippen molar-refractivity contribution in [2.75, 3.05) is 10.6 Å². The molecule has 0 radical (unpaired) electrons. The number of pyridine rings is 1. The summed E-state index contributed by atoms with van der Waals surface area (Å²) in [5.74, 6) is 0.00859. The minimum Gasteiger partial charge on any atom is -0.362 e. The highest BCUT2D eigenvalue weighted by atomic mass is 19.4. The average Bonchev–Trinajstić information content (AvgIpc) is 3.49. The Balaban J connectivity index is 1.32. The number of amides is 1. The predicted molar refractivity (Wildman–Crippen MR) is 136 cm³/mol. The Hall–Kier alpha value is -4.74. The van der Waals surface area contributed by atoms with E-state index >= 15 is 0 Å². The van der Waals surface area contributed by atoms with Gasteiger partial charge in [-0.25, -0.2) is 9.97 Å². The number of aromatic amines is 1. The number of nitrogens with zero attached hydrogens (tertiary/aromatic N) is 5. The number of carbonyl (C=O) groups excluding carboxylic acids is 1. The van der Waals surface area contributed by atoms with Gasteiger partial charge >= 0.3 is 6.18 Å². The van der Waals surface area contributed by atoms with Crippen LogP contribution in [0.1, 0.15) is 40.1 Å². The summed E-state index contributed by atoms with van der Waals surface area (Å²) in [6.45, 7) is 3.21. The van der Waals surface area contributed by atoms with Crippen LogP contribution in [0, 0.1) is 6.92 Å². The molecule has 0 aliphatic carbocycles. The maximum atomic E-state index is 13.0. The molecule has 0 spiro atoms. The number of hydrogen-bond acceptors (Lipinski definition) is 6. The van der Waals surface area contributed by atoms with Gasteiger partial charge in [-0.3, -0.25) is 14.5 Å². The lowest BCUT2D eigenvalue weighted by Crippen LogP contribution is -2.16. The van der Waals surface area contributed by atoms with Crippen LogP contribution in [-0.4, -0.2) is 35.6 Å². The van der Waals surface area contributed by atoms with E-state index in [4.69, 9.17) is 4.98 Å². The number of aryl methyl sites for hydroxylation is 2. The minimum absolute atomic E-state index is 0.0339. The van der Waals surface area contributed by atoms with E-state index in [0.29, 0.717) is 22.7 Å². The highest BCUT2D eigenvalue weighted by Crippen LogP contribution is 2.31. The first-order valence-corrected chi connectivity index (χ1v) is 11.6. The first-order chi connectivity index (χ1) is 18.1. The van der Waals surface area contributed by atoms with Gasteiger partial charge < -0.3 is 15.6 Å². The van der Waals surface area contributed by atoms with Crippen LogP contribution in [0.3, 0.4) is 0 Å². The van der Waals surface area contributed by atoms with Crippen molar-refractivity contribution in [3.63, 3.8) is 0 Å². The Morgan fingerprint density at radius 3 is 2.66 bits per heavy atom. The van der Waals surface area contributed by atoms with Gasteiger partial charge in [-0.1, -0.05) is 12.1 Å². The van der Waals surface area contributed by atoms with Crippen molar-refractivity contribution in [3.8, 4) is 11.1 Å². The molecule has 0 saturated carbocycles. The van der Waals surface area contributed by atoms with Crippen LogP contribution in [0.2, 0.25) is 0 Å². The first-order valence-electron chi connectivity index (χ1n) is 11.6. The van der Waals surface area contributed by atoms with E-state index < -0.39 is 17.8 Å². The van der Waals surface area contributed by atoms with Crippen molar-refractivity contribution >= 4 is 28.6 Å². The van der Waals surface area contributed by atoms with Crippen LogP contribution in [-0.2, 0) is 13.2 Å². The van der Waals surface area contributed by atoms with Crippen molar-refractivity contribution in [1.29, 1.82) is 0 Å². The van der Waals surface area contributed by atoms with Crippen molar-refractivity contribution in [3.05, 3.63) is 83.7 Å². The molecule has 9 nitrogen and oxygen atoms in total. The monoisotopic (exact) mass is 520 g/mol. The Morgan fingerprint density at radius 1 is 1.13 bits per heavy atom. The summed E-state index contributed by atoms with van der Waals surface area (Å²) in [4.78, 5) is 28.4. The molecule has 38 heavy (non-hydrogen) atoms. The van der Waals surface area contributed by atoms with Crippen molar-refractivity contribution in [1.82, 2.24) is 29.7 Å². The Labute approximate surface area is 215 Å². The maximum Gasteiger partial charge on any atom is 0.433 e. The van der Waals surface area contributed by atoms with Crippen molar-refractivity contribution in [2.24, 2.45) is 7.05 Å². The second-order valence-corrected chi connectivity index (χ2v) is 8.89. The molecule has 0 fully saturated rings. The molecule has 0 unspecified atom stereocenters. The zero-order valence-electron chi connectivity index (χ0n) is 20.6. The molecule has 0 saturated heterocycles. The molecule has 4 heterocycles. The molecule has 194 valence electrons. The van der Waals surface area contributed by atoms with Crippen molar-refractivity contribution < 1.29 is 18.0 Å². The summed E-state index contributed by atoms with van der Waals surface area (Å²) in [7, 11) is 1.84. The fourth-order valence-corrected chi connectivity index (χ4v) is 4.13. The topological polar surface area (TPSA) is 113 Å². The van der Waals surface area contributed by atoms with Crippen molar-refractivity contribution in [2.45, 2.75) is 26.1 Å². The second kappa shape index (κ2) is 9.61. The van der Waals surface area contributed by atoms with E-state index in [0.717, 1.165) is 22.9 Å². The number of anilines is 2. The quantitative estimate of drug-likeness (QED) is 0.272. The fraction of sp³-hybridized carbons (Fsp3) is 0.192. The third kappa shape index (κ3) is 5.05. The number of nitrogens with one attached hydrogen (secondary N) is 3. The number of alkyl halides is 3. The lowest BCUT2D eigenvalue weighted by Gasteiger charge is -2.16. The summed E-state index contributed by atoms with van der Waals surface area (Å²) in [6, 6.07) is 8.12. The molecule has 0 aliphatic heterocycles. The van der Waals surface area contributed by atoms with E-state index in [1.165, 1.54) is 13.0 Å². The van der Waals surface area contributed by atoms with Gasteiger partial charge in [0.25, 0.3) is 5.91 Å². The molecule has 4 aromatic heterocycles. The van der Waals surface area contributed by atoms with E-state index in [-0.39, 0.29) is 17.2 Å². The molecule has 5 aromatic rings. The van der Waals surface area contributed by atoms with Crippen LogP contribution in [0.25, 0.3) is 22.3 Å². The zero-order chi connectivity index (χ0) is 27.0. The number of aromatic nitrogens is 6. The number of halogens is 3. The Morgan fingerprint density at radius 2 is 1.95 bits per heavy atom. The summed E-state index contributed by atoms with van der Waals surface area (Å²) in [5, 5.41) is 10.3. The lowest BCUT2D eigenvalue weighted by molar-refractivity contribution is -0.141. The molecule has 1 amide bonds. The number of fused-ring (bicyclic) bond motifs is 1. The lowest BCUT2D eigenvalue weighted by atomic mass is 10.1. The number of H-pyrrole nitrogens is 1. The molecular weight excluding hydrogens is 497 g/mol. The van der Waals surface area contributed by atoms with Gasteiger partial charge in [0, 0.05) is 42.5 Å². The normalized spacial score (nSPS) is 12.5. The zero-order valence-corrected chi connectivity index (χ0v) is 20.6. The van der Waals surface area contributed by atoms with Gasteiger partial charge in [0.2, 0.25) is 0 Å². The molecule has 12 heteroatoms. The van der Waals surface area contributed by atoms with Gasteiger partial charge in [-0.2, -0.15) is 18.3 Å². The highest BCUT2D eigenvalue weighted by molar-refractivity contribution is 6.04. The first kappa shape index (κ1) is 24.9. The summed E-state index contributed by atoms with van der Waals surface area (Å²) >= 11 is 0. The van der Waals surface area contributed by atoms with E-state index in [9.17, 15) is 18.0 Å². The second-order valence-electron chi connectivity index (χ2n) is 8.89. The third-order valence-electron chi connectivity index (χ3n) is 6.01. The fourth-order valence-electron chi connectivity index (χ4n) is 4.13. The number of hydrogen-bond donors (Lipinski definition) is 3. The largest absolute Gasteiger partial charge is 0.433 e. The van der Waals surface area contributed by atoms with E-state index in [2.05, 4.69) is 30.7 Å². The minimum atomic E-state index is -4.58. The predicted octanol–water partition coefficient (Wildman–Crippen LogP) is 5.51. The Kier molecular flexibility index (Phi) is 6.31. The van der Waals surface area contributed by atoms with Gasteiger partial charge in [0.15, 0.2) is 5.65 Å².